The van der Waals surface area contributed by atoms with E-state index in [2.05, 4.69) is 4.74 Å². The Kier molecular flexibility index (Phi) is 5.00. The van der Waals surface area contributed by atoms with Gasteiger partial charge in [0.05, 0.1) is 18.2 Å². The number of methoxy groups -OCH3 is 1. The maximum atomic E-state index is 12.8. The van der Waals surface area contributed by atoms with Crippen molar-refractivity contribution in [1.82, 2.24) is 0 Å². The highest BCUT2D eigenvalue weighted by molar-refractivity contribution is 7.65. The molecule has 1 aromatic carbocycles. The van der Waals surface area contributed by atoms with Gasteiger partial charge in [0.1, 0.15) is 0 Å². The normalized spacial score (nSPS) is 11.7. The zero-order valence-electron chi connectivity index (χ0n) is 10.6. The van der Waals surface area contributed by atoms with Crippen molar-refractivity contribution < 1.29 is 27.5 Å². The molecule has 20 heavy (non-hydrogen) atoms. The number of carbonyl (C=O) groups excluding carboxylic acids is 2. The van der Waals surface area contributed by atoms with Crippen LogP contribution in [0, 0.1) is 5.41 Å². The van der Waals surface area contributed by atoms with Crippen LogP contribution in [0.1, 0.15) is 28.4 Å². The quantitative estimate of drug-likeness (QED) is 0.527. The van der Waals surface area contributed by atoms with Crippen LogP contribution in [0.15, 0.2) is 12.1 Å². The molecule has 1 unspecified atom stereocenters. The Labute approximate surface area is 114 Å². The van der Waals surface area contributed by atoms with Crippen LogP contribution in [-0.2, 0) is 15.7 Å². The van der Waals surface area contributed by atoms with Crippen molar-refractivity contribution in [2.75, 3.05) is 7.11 Å². The number of hydrogen-bond acceptors (Lipinski definition) is 4. The summed E-state index contributed by atoms with van der Waals surface area (Å²) in [5.41, 5.74) is -1.80. The topological polar surface area (TPSA) is 67.2 Å². The number of nitrogens with one attached hydrogen (secondary N) is 1. The first-order chi connectivity index (χ1) is 9.20. The first kappa shape index (κ1) is 16.3. The Bertz CT molecular complexity index is 570. The molecule has 0 radical (unpaired) electrons. The molecule has 0 aliphatic carbocycles. The maximum Gasteiger partial charge on any atom is 0.416 e. The summed E-state index contributed by atoms with van der Waals surface area (Å²) in [6.45, 7) is 1.23. The van der Waals surface area contributed by atoms with Crippen LogP contribution in [0.3, 0.4) is 0 Å². The zero-order chi connectivity index (χ0) is 15.5. The molecule has 8 heteroatoms. The summed E-state index contributed by atoms with van der Waals surface area (Å²) >= 11 is 0. The molecule has 0 amide bonds. The number of alkyl halides is 3. The molecular formula is C12H11F3NO3P. The minimum Gasteiger partial charge on any atom is -0.465 e. The molecule has 1 atom stereocenters. The fourth-order valence-corrected chi connectivity index (χ4v) is 2.49. The van der Waals surface area contributed by atoms with Gasteiger partial charge in [-0.05, 0) is 32.9 Å². The SMILES string of the molecule is COC(=O)c1cc(C(F)(F)F)cc(PC(C)=O)c1C=N. The van der Waals surface area contributed by atoms with Crippen LogP contribution in [0.4, 0.5) is 13.2 Å². The Morgan fingerprint density at radius 1 is 1.35 bits per heavy atom. The molecule has 4 nitrogen and oxygen atoms in total. The van der Waals surface area contributed by atoms with Crippen LogP contribution < -0.4 is 5.30 Å². The standard InChI is InChI=1S/C12H11F3NO3P/c1-6(17)20-10-4-7(12(13,14)15)3-8(9(10)5-16)11(18)19-2/h3-5,16,20H,1-2H3. The highest BCUT2D eigenvalue weighted by Gasteiger charge is 2.33. The summed E-state index contributed by atoms with van der Waals surface area (Å²) in [7, 11) is 0.466. The van der Waals surface area contributed by atoms with Crippen molar-refractivity contribution in [3.8, 4) is 0 Å². The second-order valence-electron chi connectivity index (χ2n) is 3.80. The second-order valence-corrected chi connectivity index (χ2v) is 5.29. The first-order valence-electron chi connectivity index (χ1n) is 5.32. The van der Waals surface area contributed by atoms with E-state index < -0.39 is 26.3 Å². The minimum atomic E-state index is -4.65. The van der Waals surface area contributed by atoms with E-state index in [4.69, 9.17) is 5.41 Å². The van der Waals surface area contributed by atoms with Gasteiger partial charge in [-0.1, -0.05) is 0 Å². The van der Waals surface area contributed by atoms with Crippen LogP contribution in [0.2, 0.25) is 0 Å². The van der Waals surface area contributed by atoms with Crippen molar-refractivity contribution in [2.45, 2.75) is 13.1 Å². The van der Waals surface area contributed by atoms with Crippen molar-refractivity contribution in [3.63, 3.8) is 0 Å². The van der Waals surface area contributed by atoms with Gasteiger partial charge in [0.2, 0.25) is 0 Å². The lowest BCUT2D eigenvalue weighted by Crippen LogP contribution is -2.19. The molecule has 0 aliphatic heterocycles. The number of hydrogen-bond donors (Lipinski definition) is 1. The first-order valence-corrected chi connectivity index (χ1v) is 6.32. The third-order valence-electron chi connectivity index (χ3n) is 2.37. The summed E-state index contributed by atoms with van der Waals surface area (Å²) in [4.78, 5) is 22.7. The molecule has 0 aromatic heterocycles. The fourth-order valence-electron chi connectivity index (χ4n) is 1.54. The van der Waals surface area contributed by atoms with E-state index >= 15 is 0 Å². The Balaban J connectivity index is 3.59. The molecule has 1 rings (SSSR count). The number of ether oxygens (including phenoxy) is 1. The van der Waals surface area contributed by atoms with E-state index in [1.54, 1.807) is 0 Å². The largest absolute Gasteiger partial charge is 0.465 e. The number of benzene rings is 1. The fraction of sp³-hybridized carbons (Fsp3) is 0.250. The molecule has 0 saturated heterocycles. The highest BCUT2D eigenvalue weighted by Crippen LogP contribution is 2.31. The Hall–Kier alpha value is -1.75. The van der Waals surface area contributed by atoms with Gasteiger partial charge in [-0.15, -0.1) is 0 Å². The highest BCUT2D eigenvalue weighted by atomic mass is 31.1. The molecule has 1 N–H and O–H groups in total. The number of esters is 1. The molecular weight excluding hydrogens is 294 g/mol. The third kappa shape index (κ3) is 3.63. The molecule has 108 valence electrons. The number of carbonyl (C=O) groups is 2. The lowest BCUT2D eigenvalue weighted by atomic mass is 10.0. The Morgan fingerprint density at radius 3 is 2.35 bits per heavy atom. The molecule has 1 aromatic rings. The summed E-state index contributed by atoms with van der Waals surface area (Å²) in [5.74, 6) is -0.982. The van der Waals surface area contributed by atoms with Gasteiger partial charge >= 0.3 is 12.1 Å². The molecule has 0 spiro atoms. The van der Waals surface area contributed by atoms with Gasteiger partial charge < -0.3 is 10.1 Å². The average Bonchev–Trinajstić information content (AvgIpc) is 2.35. The summed E-state index contributed by atoms with van der Waals surface area (Å²) in [6, 6.07) is 1.41. The van der Waals surface area contributed by atoms with Crippen molar-refractivity contribution in [3.05, 3.63) is 28.8 Å². The molecule has 0 saturated carbocycles. The van der Waals surface area contributed by atoms with E-state index in [9.17, 15) is 22.8 Å². The second kappa shape index (κ2) is 6.13. The smallest absolute Gasteiger partial charge is 0.416 e. The Morgan fingerprint density at radius 2 is 1.95 bits per heavy atom. The number of rotatable bonds is 4. The van der Waals surface area contributed by atoms with Gasteiger partial charge in [-0.2, -0.15) is 13.2 Å². The van der Waals surface area contributed by atoms with Gasteiger partial charge in [0.25, 0.3) is 0 Å². The molecule has 0 fully saturated rings. The van der Waals surface area contributed by atoms with Crippen molar-refractivity contribution >= 4 is 31.6 Å². The predicted molar refractivity (Wildman–Crippen MR) is 69.3 cm³/mol. The predicted octanol–water partition coefficient (Wildman–Crippen LogP) is 2.34. The molecule has 0 heterocycles. The third-order valence-corrected chi connectivity index (χ3v) is 3.40. The van der Waals surface area contributed by atoms with Gasteiger partial charge in [-0.25, -0.2) is 4.79 Å². The van der Waals surface area contributed by atoms with Gasteiger partial charge in [-0.3, -0.25) is 4.79 Å². The number of halogens is 3. The van der Waals surface area contributed by atoms with E-state index in [1.165, 1.54) is 6.92 Å². The van der Waals surface area contributed by atoms with Crippen molar-refractivity contribution in [2.24, 2.45) is 0 Å². The maximum absolute atomic E-state index is 12.8. The van der Waals surface area contributed by atoms with E-state index in [0.717, 1.165) is 19.4 Å². The van der Waals surface area contributed by atoms with Crippen LogP contribution >= 0.6 is 8.58 Å². The lowest BCUT2D eigenvalue weighted by molar-refractivity contribution is -0.137. The van der Waals surface area contributed by atoms with Crippen molar-refractivity contribution in [1.29, 1.82) is 5.41 Å². The summed E-state index contributed by atoms with van der Waals surface area (Å²) in [6.07, 6.45) is -3.91. The van der Waals surface area contributed by atoms with Gasteiger partial charge in [0, 0.05) is 11.8 Å². The lowest BCUT2D eigenvalue weighted by Gasteiger charge is -2.14. The average molecular weight is 305 g/mol. The van der Waals surface area contributed by atoms with E-state index in [-0.39, 0.29) is 22.0 Å². The summed E-state index contributed by atoms with van der Waals surface area (Å²) in [5, 5.41) is 7.25. The molecule has 0 aliphatic rings. The van der Waals surface area contributed by atoms with E-state index in [0.29, 0.717) is 6.07 Å². The monoisotopic (exact) mass is 305 g/mol. The van der Waals surface area contributed by atoms with Crippen LogP contribution in [0.25, 0.3) is 0 Å². The zero-order valence-corrected chi connectivity index (χ0v) is 11.6. The van der Waals surface area contributed by atoms with Crippen LogP contribution in [0.5, 0.6) is 0 Å². The minimum absolute atomic E-state index is 0.00252. The summed E-state index contributed by atoms with van der Waals surface area (Å²) < 4.78 is 42.8. The van der Waals surface area contributed by atoms with Gasteiger partial charge in [0.15, 0.2) is 5.52 Å². The van der Waals surface area contributed by atoms with E-state index in [1.807, 2.05) is 0 Å². The molecule has 0 bridgehead atoms. The van der Waals surface area contributed by atoms with Crippen LogP contribution in [-0.4, -0.2) is 24.8 Å².